The molecule has 1 unspecified atom stereocenters. The molecule has 0 spiro atoms. The number of nitrogens with one attached hydrogen (secondary N) is 1. The molecule has 1 aromatic rings. The van der Waals surface area contributed by atoms with Crippen LogP contribution in [0.3, 0.4) is 0 Å². The monoisotopic (exact) mass is 206 g/mol. The molecule has 15 heavy (non-hydrogen) atoms. The van der Waals surface area contributed by atoms with E-state index in [-0.39, 0.29) is 5.91 Å². The summed E-state index contributed by atoms with van der Waals surface area (Å²) in [5.41, 5.74) is 0.875. The third kappa shape index (κ3) is 2.16. The zero-order valence-electron chi connectivity index (χ0n) is 8.64. The number of amides is 1. The van der Waals surface area contributed by atoms with Crippen LogP contribution in [0.2, 0.25) is 0 Å². The summed E-state index contributed by atoms with van der Waals surface area (Å²) in [6, 6.07) is 9.52. The van der Waals surface area contributed by atoms with Crippen LogP contribution in [0.5, 0.6) is 0 Å². The molecule has 80 valence electrons. The van der Waals surface area contributed by atoms with Gasteiger partial charge in [-0.15, -0.1) is 0 Å². The quantitative estimate of drug-likeness (QED) is 0.770. The first-order chi connectivity index (χ1) is 7.29. The van der Waals surface area contributed by atoms with E-state index in [2.05, 4.69) is 5.32 Å². The molecule has 1 aliphatic rings. The van der Waals surface area contributed by atoms with E-state index in [1.807, 2.05) is 30.3 Å². The number of carbonyl (C=O) groups is 1. The maximum Gasteiger partial charge on any atom is 0.270 e. The van der Waals surface area contributed by atoms with E-state index < -0.39 is 6.23 Å². The van der Waals surface area contributed by atoms with Crippen molar-refractivity contribution >= 4 is 11.6 Å². The van der Waals surface area contributed by atoms with Gasteiger partial charge in [-0.05, 0) is 12.1 Å². The van der Waals surface area contributed by atoms with Gasteiger partial charge in [-0.3, -0.25) is 10.1 Å². The van der Waals surface area contributed by atoms with Gasteiger partial charge in [0.1, 0.15) is 0 Å². The number of ether oxygens (including phenoxy) is 1. The summed E-state index contributed by atoms with van der Waals surface area (Å²) in [7, 11) is 1.75. The third-order valence-corrected chi connectivity index (χ3v) is 2.41. The van der Waals surface area contributed by atoms with Gasteiger partial charge in [-0.1, -0.05) is 18.2 Å². The van der Waals surface area contributed by atoms with Gasteiger partial charge in [-0.2, -0.15) is 0 Å². The number of likely N-dealkylation sites (N-methyl/N-ethyl adjacent to an activating group) is 1. The standard InChI is InChI=1S/C11H14N2O2/c1-13(9-5-3-2-4-6-9)11(14)10-12-7-8-15-10/h2-6,10,12H,7-8H2,1H3. The van der Waals surface area contributed by atoms with Gasteiger partial charge in [0.05, 0.1) is 6.61 Å². The Bertz CT molecular complexity index is 334. The highest BCUT2D eigenvalue weighted by Crippen LogP contribution is 2.13. The topological polar surface area (TPSA) is 41.6 Å². The van der Waals surface area contributed by atoms with Crippen LogP contribution < -0.4 is 10.2 Å². The van der Waals surface area contributed by atoms with E-state index in [4.69, 9.17) is 4.74 Å². The van der Waals surface area contributed by atoms with Crippen LogP contribution in [0.15, 0.2) is 30.3 Å². The van der Waals surface area contributed by atoms with E-state index in [0.717, 1.165) is 12.2 Å². The molecule has 1 atom stereocenters. The van der Waals surface area contributed by atoms with Crippen molar-refractivity contribution in [2.45, 2.75) is 6.23 Å². The lowest BCUT2D eigenvalue weighted by Gasteiger charge is -2.20. The van der Waals surface area contributed by atoms with E-state index >= 15 is 0 Å². The number of rotatable bonds is 2. The number of carbonyl (C=O) groups excluding carboxylic acids is 1. The fraction of sp³-hybridized carbons (Fsp3) is 0.364. The number of benzene rings is 1. The van der Waals surface area contributed by atoms with Gasteiger partial charge >= 0.3 is 0 Å². The van der Waals surface area contributed by atoms with Crippen molar-refractivity contribution in [3.8, 4) is 0 Å². The number of anilines is 1. The second kappa shape index (κ2) is 4.42. The van der Waals surface area contributed by atoms with Gasteiger partial charge in [0.25, 0.3) is 5.91 Å². The first-order valence-corrected chi connectivity index (χ1v) is 4.96. The number of hydrogen-bond donors (Lipinski definition) is 1. The Kier molecular flexibility index (Phi) is 2.99. The molecule has 1 amide bonds. The van der Waals surface area contributed by atoms with Crippen molar-refractivity contribution in [2.24, 2.45) is 0 Å². The largest absolute Gasteiger partial charge is 0.352 e. The second-order valence-corrected chi connectivity index (χ2v) is 3.44. The lowest BCUT2D eigenvalue weighted by Crippen LogP contribution is -2.42. The molecule has 0 bridgehead atoms. The van der Waals surface area contributed by atoms with E-state index in [9.17, 15) is 4.79 Å². The number of nitrogens with zero attached hydrogens (tertiary/aromatic N) is 1. The normalized spacial score (nSPS) is 20.2. The summed E-state index contributed by atoms with van der Waals surface area (Å²) in [6.07, 6.45) is -0.491. The second-order valence-electron chi connectivity index (χ2n) is 3.44. The fourth-order valence-electron chi connectivity index (χ4n) is 1.54. The highest BCUT2D eigenvalue weighted by atomic mass is 16.5. The minimum absolute atomic E-state index is 0.0568. The molecule has 1 fully saturated rings. The van der Waals surface area contributed by atoms with Crippen LogP contribution in [-0.2, 0) is 9.53 Å². The zero-order chi connectivity index (χ0) is 10.7. The summed E-state index contributed by atoms with van der Waals surface area (Å²) < 4.78 is 5.26. The van der Waals surface area contributed by atoms with Gasteiger partial charge in [0, 0.05) is 19.3 Å². The highest BCUT2D eigenvalue weighted by Gasteiger charge is 2.26. The van der Waals surface area contributed by atoms with E-state index in [1.165, 1.54) is 0 Å². The third-order valence-electron chi connectivity index (χ3n) is 2.41. The summed E-state index contributed by atoms with van der Waals surface area (Å²) in [4.78, 5) is 13.5. The molecule has 1 aliphatic heterocycles. The molecule has 0 aliphatic carbocycles. The minimum atomic E-state index is -0.491. The Morgan fingerprint density at radius 3 is 2.80 bits per heavy atom. The summed E-state index contributed by atoms with van der Waals surface area (Å²) in [6.45, 7) is 1.33. The van der Waals surface area contributed by atoms with Crippen molar-refractivity contribution in [1.29, 1.82) is 0 Å². The number of hydrogen-bond acceptors (Lipinski definition) is 3. The maximum atomic E-state index is 11.9. The Morgan fingerprint density at radius 1 is 1.47 bits per heavy atom. The van der Waals surface area contributed by atoms with Crippen LogP contribution in [0.1, 0.15) is 0 Å². The van der Waals surface area contributed by atoms with Gasteiger partial charge in [-0.25, -0.2) is 0 Å². The molecular formula is C11H14N2O2. The molecule has 0 radical (unpaired) electrons. The van der Waals surface area contributed by atoms with Crippen molar-refractivity contribution in [3.05, 3.63) is 30.3 Å². The van der Waals surface area contributed by atoms with Gasteiger partial charge in [0.2, 0.25) is 0 Å². The Labute approximate surface area is 88.8 Å². The lowest BCUT2D eigenvalue weighted by atomic mass is 10.3. The molecule has 1 heterocycles. The first-order valence-electron chi connectivity index (χ1n) is 4.96. The van der Waals surface area contributed by atoms with E-state index in [0.29, 0.717) is 6.61 Å². The van der Waals surface area contributed by atoms with Crippen molar-refractivity contribution in [2.75, 3.05) is 25.1 Å². The predicted molar refractivity (Wildman–Crippen MR) is 57.6 cm³/mol. The smallest absolute Gasteiger partial charge is 0.270 e. The van der Waals surface area contributed by atoms with Crippen molar-refractivity contribution in [1.82, 2.24) is 5.32 Å². The average Bonchev–Trinajstić information content (AvgIpc) is 2.82. The van der Waals surface area contributed by atoms with Crippen LogP contribution in [0, 0.1) is 0 Å². The predicted octanol–water partition coefficient (Wildman–Crippen LogP) is 0.595. The number of para-hydroxylation sites is 1. The first kappa shape index (κ1) is 10.1. The zero-order valence-corrected chi connectivity index (χ0v) is 8.64. The molecule has 4 nitrogen and oxygen atoms in total. The van der Waals surface area contributed by atoms with E-state index in [1.54, 1.807) is 11.9 Å². The van der Waals surface area contributed by atoms with Gasteiger partial charge in [0.15, 0.2) is 6.23 Å². The van der Waals surface area contributed by atoms with Crippen LogP contribution >= 0.6 is 0 Å². The molecule has 1 N–H and O–H groups in total. The van der Waals surface area contributed by atoms with Crippen LogP contribution in [0.25, 0.3) is 0 Å². The summed E-state index contributed by atoms with van der Waals surface area (Å²) >= 11 is 0. The minimum Gasteiger partial charge on any atom is -0.352 e. The summed E-state index contributed by atoms with van der Waals surface area (Å²) in [5.74, 6) is -0.0568. The molecule has 4 heteroatoms. The molecule has 1 saturated heterocycles. The molecule has 0 saturated carbocycles. The Hall–Kier alpha value is -1.39. The SMILES string of the molecule is CN(C(=O)C1NCCO1)c1ccccc1. The maximum absolute atomic E-state index is 11.9. The Balaban J connectivity index is 2.07. The van der Waals surface area contributed by atoms with Crippen LogP contribution in [-0.4, -0.2) is 32.3 Å². The van der Waals surface area contributed by atoms with Crippen molar-refractivity contribution in [3.63, 3.8) is 0 Å². The van der Waals surface area contributed by atoms with Crippen LogP contribution in [0.4, 0.5) is 5.69 Å². The molecule has 2 rings (SSSR count). The molecule has 0 aromatic heterocycles. The average molecular weight is 206 g/mol. The summed E-state index contributed by atoms with van der Waals surface area (Å²) in [5, 5.41) is 2.99. The fourth-order valence-corrected chi connectivity index (χ4v) is 1.54. The lowest BCUT2D eigenvalue weighted by molar-refractivity contribution is -0.128. The molecule has 1 aromatic carbocycles. The Morgan fingerprint density at radius 2 is 2.20 bits per heavy atom. The molecular weight excluding hydrogens is 192 g/mol. The van der Waals surface area contributed by atoms with Crippen molar-refractivity contribution < 1.29 is 9.53 Å². The highest BCUT2D eigenvalue weighted by molar-refractivity contribution is 5.95. The van der Waals surface area contributed by atoms with Gasteiger partial charge < -0.3 is 9.64 Å².